The van der Waals surface area contributed by atoms with Crippen molar-refractivity contribution in [1.82, 2.24) is 10.3 Å². The molecule has 2 N–H and O–H groups in total. The number of aromatic amines is 1. The third-order valence-corrected chi connectivity index (χ3v) is 3.49. The minimum atomic E-state index is -0.0232. The highest BCUT2D eigenvalue weighted by molar-refractivity contribution is 5.92. The Morgan fingerprint density at radius 1 is 1.21 bits per heavy atom. The summed E-state index contributed by atoms with van der Waals surface area (Å²) in [7, 11) is 0. The molecule has 3 rings (SSSR count). The van der Waals surface area contributed by atoms with Gasteiger partial charge in [0, 0.05) is 31.0 Å². The van der Waals surface area contributed by atoms with Crippen LogP contribution in [0.4, 0.5) is 5.69 Å². The Labute approximate surface area is 112 Å². The van der Waals surface area contributed by atoms with E-state index in [1.807, 2.05) is 24.3 Å². The van der Waals surface area contributed by atoms with Crippen LogP contribution in [0, 0.1) is 0 Å². The van der Waals surface area contributed by atoms with E-state index in [4.69, 9.17) is 0 Å². The van der Waals surface area contributed by atoms with Gasteiger partial charge in [-0.1, -0.05) is 18.2 Å². The van der Waals surface area contributed by atoms with E-state index in [0.29, 0.717) is 5.69 Å². The van der Waals surface area contributed by atoms with E-state index in [1.54, 1.807) is 12.3 Å². The van der Waals surface area contributed by atoms with Crippen LogP contribution in [0.5, 0.6) is 0 Å². The van der Waals surface area contributed by atoms with Gasteiger partial charge in [-0.2, -0.15) is 0 Å². The van der Waals surface area contributed by atoms with Gasteiger partial charge in [0.25, 0.3) is 5.91 Å². The van der Waals surface area contributed by atoms with Crippen LogP contribution in [-0.4, -0.2) is 30.0 Å². The maximum Gasteiger partial charge on any atom is 0.267 e. The van der Waals surface area contributed by atoms with E-state index in [1.165, 1.54) is 5.69 Å². The number of para-hydroxylation sites is 1. The fourth-order valence-corrected chi connectivity index (χ4v) is 2.49. The van der Waals surface area contributed by atoms with Gasteiger partial charge in [0.1, 0.15) is 5.69 Å². The first-order chi connectivity index (χ1) is 9.33. The van der Waals surface area contributed by atoms with Gasteiger partial charge in [-0.05, 0) is 30.7 Å². The zero-order chi connectivity index (χ0) is 13.1. The Hall–Kier alpha value is -2.23. The third-order valence-electron chi connectivity index (χ3n) is 3.49. The molecule has 0 aliphatic carbocycles. The van der Waals surface area contributed by atoms with E-state index in [2.05, 4.69) is 27.3 Å². The van der Waals surface area contributed by atoms with E-state index < -0.39 is 0 Å². The zero-order valence-electron chi connectivity index (χ0n) is 10.7. The van der Waals surface area contributed by atoms with Crippen LogP contribution in [0.25, 0.3) is 0 Å². The van der Waals surface area contributed by atoms with Crippen LogP contribution < -0.4 is 10.2 Å². The van der Waals surface area contributed by atoms with Crippen molar-refractivity contribution in [1.29, 1.82) is 0 Å². The molecule has 4 nitrogen and oxygen atoms in total. The van der Waals surface area contributed by atoms with Gasteiger partial charge < -0.3 is 15.2 Å². The van der Waals surface area contributed by atoms with Crippen LogP contribution in [0.15, 0.2) is 48.7 Å². The molecule has 19 heavy (non-hydrogen) atoms. The lowest BCUT2D eigenvalue weighted by Crippen LogP contribution is -2.37. The van der Waals surface area contributed by atoms with Crippen molar-refractivity contribution < 1.29 is 4.79 Å². The number of aromatic nitrogens is 1. The summed E-state index contributed by atoms with van der Waals surface area (Å²) in [5, 5.41) is 3.07. The molecule has 1 aromatic heterocycles. The molecule has 4 heteroatoms. The number of H-pyrrole nitrogens is 1. The van der Waals surface area contributed by atoms with E-state index in [0.717, 1.165) is 19.5 Å². The maximum atomic E-state index is 11.9. The lowest BCUT2D eigenvalue weighted by molar-refractivity contribution is 0.0936. The number of carbonyl (C=O) groups is 1. The number of hydrogen-bond donors (Lipinski definition) is 2. The molecule has 1 aliphatic heterocycles. The summed E-state index contributed by atoms with van der Waals surface area (Å²) in [4.78, 5) is 17.2. The van der Waals surface area contributed by atoms with Gasteiger partial charge in [0.15, 0.2) is 0 Å². The predicted octanol–water partition coefficient (Wildman–Crippen LogP) is 2.02. The second-order valence-electron chi connectivity index (χ2n) is 4.82. The van der Waals surface area contributed by atoms with E-state index in [-0.39, 0.29) is 11.9 Å². The van der Waals surface area contributed by atoms with Gasteiger partial charge in [0.2, 0.25) is 0 Å². The van der Waals surface area contributed by atoms with Gasteiger partial charge in [0.05, 0.1) is 0 Å². The molecule has 1 amide bonds. The lowest BCUT2D eigenvalue weighted by atomic mass is 10.2. The number of rotatable bonds is 3. The molecule has 1 aromatic carbocycles. The standard InChI is InChI=1S/C15H17N3O/c19-15(14-7-4-9-16-14)17-12-8-10-18(11-12)13-5-2-1-3-6-13/h1-7,9,12,16H,8,10-11H2,(H,17,19). The minimum Gasteiger partial charge on any atom is -0.369 e. The minimum absolute atomic E-state index is 0.0232. The highest BCUT2D eigenvalue weighted by Gasteiger charge is 2.24. The molecule has 0 bridgehead atoms. The summed E-state index contributed by atoms with van der Waals surface area (Å²) in [6.45, 7) is 1.86. The number of amides is 1. The molecule has 2 heterocycles. The summed E-state index contributed by atoms with van der Waals surface area (Å²) in [5.74, 6) is -0.0232. The van der Waals surface area contributed by atoms with Crippen LogP contribution in [0.2, 0.25) is 0 Å². The summed E-state index contributed by atoms with van der Waals surface area (Å²) < 4.78 is 0. The smallest absolute Gasteiger partial charge is 0.267 e. The van der Waals surface area contributed by atoms with Crippen molar-refractivity contribution in [2.45, 2.75) is 12.5 Å². The molecule has 1 unspecified atom stereocenters. The molecule has 0 saturated carbocycles. The monoisotopic (exact) mass is 255 g/mol. The normalized spacial score (nSPS) is 18.5. The maximum absolute atomic E-state index is 11.9. The molecule has 2 aromatic rings. The number of anilines is 1. The lowest BCUT2D eigenvalue weighted by Gasteiger charge is -2.18. The number of benzene rings is 1. The molecule has 98 valence electrons. The second kappa shape index (κ2) is 5.18. The van der Waals surface area contributed by atoms with Gasteiger partial charge in [-0.15, -0.1) is 0 Å². The zero-order valence-corrected chi connectivity index (χ0v) is 10.7. The Bertz CT molecular complexity index is 536. The highest BCUT2D eigenvalue weighted by Crippen LogP contribution is 2.19. The molecule has 1 aliphatic rings. The van der Waals surface area contributed by atoms with Crippen LogP contribution in [0.3, 0.4) is 0 Å². The molecule has 1 atom stereocenters. The summed E-state index contributed by atoms with van der Waals surface area (Å²) >= 11 is 0. The van der Waals surface area contributed by atoms with Crippen molar-refractivity contribution in [3.63, 3.8) is 0 Å². The summed E-state index contributed by atoms with van der Waals surface area (Å²) in [5.41, 5.74) is 1.84. The Morgan fingerprint density at radius 2 is 2.05 bits per heavy atom. The number of nitrogens with one attached hydrogen (secondary N) is 2. The second-order valence-corrected chi connectivity index (χ2v) is 4.82. The first-order valence-corrected chi connectivity index (χ1v) is 6.57. The third kappa shape index (κ3) is 2.62. The first-order valence-electron chi connectivity index (χ1n) is 6.57. The highest BCUT2D eigenvalue weighted by atomic mass is 16.1. The molecular weight excluding hydrogens is 238 g/mol. The van der Waals surface area contributed by atoms with Crippen molar-refractivity contribution in [2.75, 3.05) is 18.0 Å². The van der Waals surface area contributed by atoms with Crippen molar-refractivity contribution in [2.24, 2.45) is 0 Å². The molecular formula is C15H17N3O. The number of hydrogen-bond acceptors (Lipinski definition) is 2. The quantitative estimate of drug-likeness (QED) is 0.881. The fraction of sp³-hybridized carbons (Fsp3) is 0.267. The molecule has 0 radical (unpaired) electrons. The fourth-order valence-electron chi connectivity index (χ4n) is 2.49. The van der Waals surface area contributed by atoms with Crippen molar-refractivity contribution >= 4 is 11.6 Å². The van der Waals surface area contributed by atoms with Crippen LogP contribution >= 0.6 is 0 Å². The summed E-state index contributed by atoms with van der Waals surface area (Å²) in [6, 6.07) is 14.2. The Balaban J connectivity index is 1.59. The van der Waals surface area contributed by atoms with Crippen LogP contribution in [-0.2, 0) is 0 Å². The predicted molar refractivity (Wildman–Crippen MR) is 75.3 cm³/mol. The van der Waals surface area contributed by atoms with E-state index >= 15 is 0 Å². The van der Waals surface area contributed by atoms with E-state index in [9.17, 15) is 4.79 Å². The average molecular weight is 255 g/mol. The SMILES string of the molecule is O=C(NC1CCN(c2ccccc2)C1)c1ccc[nH]1. The Morgan fingerprint density at radius 3 is 2.79 bits per heavy atom. The Kier molecular flexibility index (Phi) is 3.23. The first kappa shape index (κ1) is 11.8. The topological polar surface area (TPSA) is 48.1 Å². The molecule has 0 spiro atoms. The summed E-state index contributed by atoms with van der Waals surface area (Å²) in [6.07, 6.45) is 2.75. The van der Waals surface area contributed by atoms with Gasteiger partial charge in [-0.3, -0.25) is 4.79 Å². The largest absolute Gasteiger partial charge is 0.369 e. The van der Waals surface area contributed by atoms with Crippen molar-refractivity contribution in [3.05, 3.63) is 54.4 Å². The van der Waals surface area contributed by atoms with Gasteiger partial charge in [-0.25, -0.2) is 0 Å². The molecule has 1 fully saturated rings. The number of nitrogens with zero attached hydrogens (tertiary/aromatic N) is 1. The van der Waals surface area contributed by atoms with Gasteiger partial charge >= 0.3 is 0 Å². The number of carbonyl (C=O) groups excluding carboxylic acids is 1. The average Bonchev–Trinajstić information content (AvgIpc) is 3.11. The van der Waals surface area contributed by atoms with Crippen molar-refractivity contribution in [3.8, 4) is 0 Å². The molecule has 1 saturated heterocycles. The van der Waals surface area contributed by atoms with Crippen LogP contribution in [0.1, 0.15) is 16.9 Å².